The monoisotopic (exact) mass is 478 g/mol. The molecular formula is C26H30N4O3S. The van der Waals surface area contributed by atoms with Crippen LogP contribution in [0.15, 0.2) is 65.3 Å². The number of nitrogens with zero attached hydrogens (tertiary/aromatic N) is 4. The Morgan fingerprint density at radius 1 is 1.24 bits per heavy atom. The van der Waals surface area contributed by atoms with Gasteiger partial charge in [-0.2, -0.15) is 0 Å². The van der Waals surface area contributed by atoms with Gasteiger partial charge in [-0.15, -0.1) is 16.8 Å². The van der Waals surface area contributed by atoms with Crippen LogP contribution in [0.4, 0.5) is 16.5 Å². The fourth-order valence-corrected chi connectivity index (χ4v) is 4.96. The molecule has 0 aliphatic heterocycles. The average molecular weight is 479 g/mol. The van der Waals surface area contributed by atoms with Gasteiger partial charge in [-0.3, -0.25) is 4.79 Å². The lowest BCUT2D eigenvalue weighted by molar-refractivity contribution is -0.148. The second-order valence-electron chi connectivity index (χ2n) is 8.30. The summed E-state index contributed by atoms with van der Waals surface area (Å²) in [6.07, 6.45) is 4.88. The smallest absolute Gasteiger partial charge is 0.309 e. The Bertz CT molecular complexity index is 1160. The number of carbonyl (C=O) groups is 1. The lowest BCUT2D eigenvalue weighted by Gasteiger charge is -2.20. The summed E-state index contributed by atoms with van der Waals surface area (Å²) < 4.78 is 12.1. The van der Waals surface area contributed by atoms with Gasteiger partial charge in [0.15, 0.2) is 0 Å². The van der Waals surface area contributed by atoms with Crippen LogP contribution >= 0.6 is 11.3 Å². The van der Waals surface area contributed by atoms with Crippen LogP contribution in [0.5, 0.6) is 5.75 Å². The van der Waals surface area contributed by atoms with Crippen molar-refractivity contribution < 1.29 is 14.3 Å². The molecule has 1 aliphatic carbocycles. The highest BCUT2D eigenvalue weighted by Crippen LogP contribution is 2.34. The van der Waals surface area contributed by atoms with E-state index in [1.165, 1.54) is 11.3 Å². The summed E-state index contributed by atoms with van der Waals surface area (Å²) in [5.74, 6) is 0.948. The minimum absolute atomic E-state index is 0.0328. The molecule has 1 aliphatic rings. The van der Waals surface area contributed by atoms with E-state index >= 15 is 0 Å². The molecule has 1 saturated carbocycles. The maximum absolute atomic E-state index is 12.3. The Morgan fingerprint density at radius 2 is 2.06 bits per heavy atom. The summed E-state index contributed by atoms with van der Waals surface area (Å²) in [6, 6.07) is 13.6. The number of aromatic nitrogens is 1. The van der Waals surface area contributed by atoms with Crippen LogP contribution in [0.3, 0.4) is 0 Å². The number of ether oxygens (including phenoxy) is 2. The van der Waals surface area contributed by atoms with Crippen LogP contribution in [-0.2, 0) is 9.53 Å². The molecule has 8 heteroatoms. The zero-order valence-corrected chi connectivity index (χ0v) is 20.5. The third kappa shape index (κ3) is 5.80. The molecule has 1 heterocycles. The molecule has 1 fully saturated rings. The second-order valence-corrected chi connectivity index (χ2v) is 9.31. The number of esters is 1. The first-order valence-corrected chi connectivity index (χ1v) is 12.4. The molecule has 3 aromatic rings. The zero-order valence-electron chi connectivity index (χ0n) is 19.6. The Morgan fingerprint density at radius 3 is 2.82 bits per heavy atom. The van der Waals surface area contributed by atoms with Gasteiger partial charge in [-0.05, 0) is 68.1 Å². The molecule has 178 valence electrons. The summed E-state index contributed by atoms with van der Waals surface area (Å²) >= 11 is 1.48. The van der Waals surface area contributed by atoms with Crippen molar-refractivity contribution in [2.24, 2.45) is 22.1 Å². The molecule has 2 aromatic carbocycles. The van der Waals surface area contributed by atoms with E-state index < -0.39 is 0 Å². The van der Waals surface area contributed by atoms with E-state index in [2.05, 4.69) is 26.7 Å². The van der Waals surface area contributed by atoms with Gasteiger partial charge in [-0.1, -0.05) is 23.8 Å². The van der Waals surface area contributed by atoms with Gasteiger partial charge in [0, 0.05) is 12.7 Å². The van der Waals surface area contributed by atoms with E-state index in [1.54, 1.807) is 0 Å². The van der Waals surface area contributed by atoms with Crippen LogP contribution in [0.1, 0.15) is 26.2 Å². The fourth-order valence-electron chi connectivity index (χ4n) is 4.15. The molecule has 0 saturated heterocycles. The number of benzene rings is 2. The first-order valence-electron chi connectivity index (χ1n) is 11.6. The maximum Gasteiger partial charge on any atom is 0.309 e. The highest BCUT2D eigenvalue weighted by atomic mass is 32.1. The normalized spacial score (nSPS) is 17.8. The van der Waals surface area contributed by atoms with Crippen molar-refractivity contribution in [3.8, 4) is 5.75 Å². The van der Waals surface area contributed by atoms with E-state index in [0.717, 1.165) is 46.6 Å². The number of likely N-dealkylation sites (N-methyl/N-ethyl adjacent to an activating group) is 1. The van der Waals surface area contributed by atoms with E-state index in [9.17, 15) is 4.79 Å². The molecule has 7 nitrogen and oxygen atoms in total. The van der Waals surface area contributed by atoms with Crippen molar-refractivity contribution in [2.75, 3.05) is 31.7 Å². The van der Waals surface area contributed by atoms with Crippen molar-refractivity contribution in [1.29, 1.82) is 0 Å². The summed E-state index contributed by atoms with van der Waals surface area (Å²) in [4.78, 5) is 18.9. The molecular weight excluding hydrogens is 448 g/mol. The number of carbonyl (C=O) groups excluding carboxylic acids is 1. The zero-order chi connectivity index (χ0) is 23.9. The third-order valence-electron chi connectivity index (χ3n) is 6.05. The van der Waals surface area contributed by atoms with Gasteiger partial charge in [0.1, 0.15) is 12.4 Å². The topological polar surface area (TPSA) is 76.4 Å². The second kappa shape index (κ2) is 11.2. The first kappa shape index (κ1) is 23.9. The number of azo groups is 1. The van der Waals surface area contributed by atoms with Crippen molar-refractivity contribution >= 4 is 44.0 Å². The van der Waals surface area contributed by atoms with Crippen LogP contribution in [-0.4, -0.2) is 37.8 Å². The third-order valence-corrected chi connectivity index (χ3v) is 6.95. The van der Waals surface area contributed by atoms with Crippen molar-refractivity contribution in [3.63, 3.8) is 0 Å². The molecule has 2 unspecified atom stereocenters. The summed E-state index contributed by atoms with van der Waals surface area (Å²) in [6.45, 7) is 7.41. The Labute approximate surface area is 204 Å². The van der Waals surface area contributed by atoms with Gasteiger partial charge in [0.25, 0.3) is 0 Å². The number of anilines is 1. The molecule has 0 radical (unpaired) electrons. The highest BCUT2D eigenvalue weighted by molar-refractivity contribution is 7.21. The van der Waals surface area contributed by atoms with E-state index in [0.29, 0.717) is 24.9 Å². The Balaban J connectivity index is 1.29. The van der Waals surface area contributed by atoms with Gasteiger partial charge in [-0.25, -0.2) is 4.98 Å². The number of hydrogen-bond acceptors (Lipinski definition) is 8. The molecule has 4 rings (SSSR count). The molecule has 0 amide bonds. The lowest BCUT2D eigenvalue weighted by atomic mass is 9.96. The summed E-state index contributed by atoms with van der Waals surface area (Å²) in [5.41, 5.74) is 2.64. The van der Waals surface area contributed by atoms with Crippen molar-refractivity contribution in [2.45, 2.75) is 26.2 Å². The van der Waals surface area contributed by atoms with E-state index in [4.69, 9.17) is 9.47 Å². The minimum Gasteiger partial charge on any atom is -0.494 e. The summed E-state index contributed by atoms with van der Waals surface area (Å²) in [5, 5.41) is 9.22. The van der Waals surface area contributed by atoms with Crippen LogP contribution in [0.25, 0.3) is 10.2 Å². The van der Waals surface area contributed by atoms with Crippen LogP contribution in [0.2, 0.25) is 0 Å². The SMILES string of the molecule is C=CC1CCCC1C(=O)OCCN(C)c1ccc(N=Nc2nc3ccc(OCC)cc3s2)cc1. The van der Waals surface area contributed by atoms with Crippen LogP contribution in [0, 0.1) is 11.8 Å². The Hall–Kier alpha value is -3.26. The highest BCUT2D eigenvalue weighted by Gasteiger charge is 2.32. The number of hydrogen-bond donors (Lipinski definition) is 0. The predicted octanol–water partition coefficient (Wildman–Crippen LogP) is 6.69. The van der Waals surface area contributed by atoms with Gasteiger partial charge < -0.3 is 14.4 Å². The number of thiazole rings is 1. The quantitative estimate of drug-likeness (QED) is 0.184. The van der Waals surface area contributed by atoms with Crippen LogP contribution < -0.4 is 9.64 Å². The summed E-state index contributed by atoms with van der Waals surface area (Å²) in [7, 11) is 1.98. The largest absolute Gasteiger partial charge is 0.494 e. The number of allylic oxidation sites excluding steroid dienone is 1. The first-order chi connectivity index (χ1) is 16.6. The van der Waals surface area contributed by atoms with E-state index in [-0.39, 0.29) is 17.8 Å². The fraction of sp³-hybridized carbons (Fsp3) is 0.385. The predicted molar refractivity (Wildman–Crippen MR) is 137 cm³/mol. The van der Waals surface area contributed by atoms with Gasteiger partial charge >= 0.3 is 5.97 Å². The number of rotatable bonds is 10. The van der Waals surface area contributed by atoms with E-state index in [1.807, 2.05) is 62.5 Å². The minimum atomic E-state index is -0.101. The van der Waals surface area contributed by atoms with Crippen molar-refractivity contribution in [3.05, 3.63) is 55.1 Å². The molecule has 34 heavy (non-hydrogen) atoms. The molecule has 0 bridgehead atoms. The lowest BCUT2D eigenvalue weighted by Crippen LogP contribution is -2.27. The molecule has 1 aromatic heterocycles. The Kier molecular flexibility index (Phi) is 7.90. The molecule has 0 N–H and O–H groups in total. The van der Waals surface area contributed by atoms with Crippen molar-refractivity contribution in [1.82, 2.24) is 4.98 Å². The number of fused-ring (bicyclic) bond motifs is 1. The maximum atomic E-state index is 12.3. The van der Waals surface area contributed by atoms with Gasteiger partial charge in [0.2, 0.25) is 5.13 Å². The molecule has 2 atom stereocenters. The average Bonchev–Trinajstić information content (AvgIpc) is 3.49. The molecule has 0 spiro atoms. The van der Waals surface area contributed by atoms with Gasteiger partial charge in [0.05, 0.1) is 35.0 Å². The standard InChI is InChI=1S/C26H30N4O3S/c1-4-18-7-6-8-22(18)25(31)33-16-15-30(3)20-11-9-19(10-12-20)28-29-26-27-23-14-13-21(32-5-2)17-24(23)34-26/h4,9-14,17-18,22H,1,5-8,15-16H2,2-3H3.